The molecule has 0 spiro atoms. The van der Waals surface area contributed by atoms with Crippen molar-refractivity contribution in [3.8, 4) is 5.75 Å². The molecule has 7 heteroatoms. The van der Waals surface area contributed by atoms with Crippen LogP contribution >= 0.6 is 0 Å². The minimum atomic E-state index is -0.699. The van der Waals surface area contributed by atoms with Gasteiger partial charge in [0.25, 0.3) is 0 Å². The maximum absolute atomic E-state index is 11.8. The number of benzene rings is 1. The van der Waals surface area contributed by atoms with E-state index in [-0.39, 0.29) is 12.1 Å². The van der Waals surface area contributed by atoms with E-state index >= 15 is 0 Å². The molecule has 23 heavy (non-hydrogen) atoms. The Bertz CT molecular complexity index is 770. The maximum Gasteiger partial charge on any atom is 0.353 e. The van der Waals surface area contributed by atoms with E-state index in [1.165, 1.54) is 14.2 Å². The van der Waals surface area contributed by atoms with Crippen LogP contribution in [0.5, 0.6) is 5.75 Å². The van der Waals surface area contributed by atoms with Crippen molar-refractivity contribution in [1.82, 2.24) is 4.98 Å². The SMILES string of the molecule is COC(=O)CC(=Nc1ccc(OC)c2cccnc12)C(=O)OC. The highest BCUT2D eigenvalue weighted by atomic mass is 16.5. The molecule has 7 nitrogen and oxygen atoms in total. The molecule has 2 rings (SSSR count). The van der Waals surface area contributed by atoms with Gasteiger partial charge in [0.1, 0.15) is 11.5 Å². The minimum Gasteiger partial charge on any atom is -0.496 e. The maximum atomic E-state index is 11.8. The molecule has 1 aromatic carbocycles. The Morgan fingerprint density at radius 3 is 2.57 bits per heavy atom. The summed E-state index contributed by atoms with van der Waals surface area (Å²) in [4.78, 5) is 31.8. The lowest BCUT2D eigenvalue weighted by atomic mass is 10.1. The van der Waals surface area contributed by atoms with E-state index in [2.05, 4.69) is 19.5 Å². The van der Waals surface area contributed by atoms with E-state index in [0.29, 0.717) is 17.0 Å². The fourth-order valence-electron chi connectivity index (χ4n) is 2.03. The van der Waals surface area contributed by atoms with E-state index in [0.717, 1.165) is 5.39 Å². The Morgan fingerprint density at radius 1 is 1.13 bits per heavy atom. The summed E-state index contributed by atoms with van der Waals surface area (Å²) in [6.45, 7) is 0. The molecule has 0 radical (unpaired) electrons. The second-order valence-corrected chi connectivity index (χ2v) is 4.49. The number of pyridine rings is 1. The molecule has 0 N–H and O–H groups in total. The number of aromatic nitrogens is 1. The van der Waals surface area contributed by atoms with Crippen molar-refractivity contribution in [3.63, 3.8) is 0 Å². The number of carbonyl (C=O) groups is 2. The van der Waals surface area contributed by atoms with Gasteiger partial charge in [-0.2, -0.15) is 0 Å². The monoisotopic (exact) mass is 316 g/mol. The molecule has 0 amide bonds. The third-order valence-corrected chi connectivity index (χ3v) is 3.14. The second kappa shape index (κ2) is 7.35. The standard InChI is InChI=1S/C16H16N2O5/c1-21-13-7-6-11(15-10(13)5-4-8-17-15)18-12(16(20)23-3)9-14(19)22-2/h4-8H,9H2,1-3H3. The highest BCUT2D eigenvalue weighted by molar-refractivity contribution is 6.40. The molecule has 0 saturated heterocycles. The van der Waals surface area contributed by atoms with Crippen LogP contribution < -0.4 is 4.74 Å². The predicted molar refractivity (Wildman–Crippen MR) is 84.0 cm³/mol. The molecule has 0 bridgehead atoms. The topological polar surface area (TPSA) is 87.1 Å². The van der Waals surface area contributed by atoms with Crippen LogP contribution in [-0.4, -0.2) is 44.0 Å². The number of rotatable bonds is 5. The molecular formula is C16H16N2O5. The van der Waals surface area contributed by atoms with Crippen molar-refractivity contribution in [2.45, 2.75) is 6.42 Å². The molecule has 0 aliphatic heterocycles. The number of esters is 2. The molecule has 120 valence electrons. The van der Waals surface area contributed by atoms with Crippen LogP contribution in [0.1, 0.15) is 6.42 Å². The van der Waals surface area contributed by atoms with Crippen LogP contribution in [0.4, 0.5) is 5.69 Å². The molecule has 2 aromatic rings. The first-order valence-corrected chi connectivity index (χ1v) is 6.75. The van der Waals surface area contributed by atoms with Gasteiger partial charge in [-0.15, -0.1) is 0 Å². The number of carbonyl (C=O) groups excluding carboxylic acids is 2. The number of hydrogen-bond acceptors (Lipinski definition) is 7. The summed E-state index contributed by atoms with van der Waals surface area (Å²) < 4.78 is 14.5. The summed E-state index contributed by atoms with van der Waals surface area (Å²) >= 11 is 0. The summed E-state index contributed by atoms with van der Waals surface area (Å²) in [6, 6.07) is 6.98. The first kappa shape index (κ1) is 16.4. The summed E-state index contributed by atoms with van der Waals surface area (Å²) in [7, 11) is 4.02. The van der Waals surface area contributed by atoms with Gasteiger partial charge >= 0.3 is 11.9 Å². The van der Waals surface area contributed by atoms with Gasteiger partial charge in [-0.1, -0.05) is 0 Å². The molecule has 0 aliphatic rings. The normalized spacial score (nSPS) is 11.2. The first-order valence-electron chi connectivity index (χ1n) is 6.75. The fraction of sp³-hybridized carbons (Fsp3) is 0.250. The molecule has 0 unspecified atom stereocenters. The largest absolute Gasteiger partial charge is 0.496 e. The van der Waals surface area contributed by atoms with Crippen molar-refractivity contribution in [1.29, 1.82) is 0 Å². The Hall–Kier alpha value is -2.96. The van der Waals surface area contributed by atoms with Crippen molar-refractivity contribution in [2.24, 2.45) is 4.99 Å². The zero-order valence-electron chi connectivity index (χ0n) is 13.0. The van der Waals surface area contributed by atoms with Crippen molar-refractivity contribution < 1.29 is 23.8 Å². The van der Waals surface area contributed by atoms with Gasteiger partial charge < -0.3 is 14.2 Å². The van der Waals surface area contributed by atoms with Gasteiger partial charge in [-0.3, -0.25) is 9.78 Å². The van der Waals surface area contributed by atoms with Gasteiger partial charge in [-0.25, -0.2) is 9.79 Å². The van der Waals surface area contributed by atoms with E-state index in [1.54, 1.807) is 31.5 Å². The van der Waals surface area contributed by atoms with Crippen LogP contribution in [0.2, 0.25) is 0 Å². The number of hydrogen-bond donors (Lipinski definition) is 0. The van der Waals surface area contributed by atoms with Gasteiger partial charge in [-0.05, 0) is 24.3 Å². The Balaban J connectivity index is 2.56. The summed E-state index contributed by atoms with van der Waals surface area (Å²) in [5.41, 5.74) is 0.931. The van der Waals surface area contributed by atoms with Crippen LogP contribution in [-0.2, 0) is 19.1 Å². The quantitative estimate of drug-likeness (QED) is 0.620. The van der Waals surface area contributed by atoms with E-state index in [4.69, 9.17) is 4.74 Å². The van der Waals surface area contributed by atoms with Gasteiger partial charge in [0.15, 0.2) is 0 Å². The van der Waals surface area contributed by atoms with Gasteiger partial charge in [0, 0.05) is 11.6 Å². The number of nitrogens with zero attached hydrogens (tertiary/aromatic N) is 2. The molecule has 0 fully saturated rings. The fourth-order valence-corrected chi connectivity index (χ4v) is 2.03. The van der Waals surface area contributed by atoms with Crippen molar-refractivity contribution in [2.75, 3.05) is 21.3 Å². The van der Waals surface area contributed by atoms with Crippen molar-refractivity contribution >= 4 is 34.2 Å². The summed E-state index contributed by atoms with van der Waals surface area (Å²) in [5, 5.41) is 0.749. The Morgan fingerprint density at radius 2 is 1.91 bits per heavy atom. The molecule has 1 aromatic heterocycles. The third-order valence-electron chi connectivity index (χ3n) is 3.14. The minimum absolute atomic E-state index is 0.0588. The van der Waals surface area contributed by atoms with Crippen LogP contribution in [0, 0.1) is 0 Å². The zero-order chi connectivity index (χ0) is 16.8. The number of fused-ring (bicyclic) bond motifs is 1. The van der Waals surface area contributed by atoms with Crippen LogP contribution in [0.25, 0.3) is 10.9 Å². The molecule has 0 atom stereocenters. The lowest BCUT2D eigenvalue weighted by Gasteiger charge is -2.08. The molecule has 0 saturated carbocycles. The lowest BCUT2D eigenvalue weighted by Crippen LogP contribution is -2.20. The summed E-state index contributed by atoms with van der Waals surface area (Å²) in [5.74, 6) is -0.644. The third kappa shape index (κ3) is 3.63. The lowest BCUT2D eigenvalue weighted by molar-refractivity contribution is -0.140. The second-order valence-electron chi connectivity index (χ2n) is 4.49. The molecule has 0 aliphatic carbocycles. The molecular weight excluding hydrogens is 300 g/mol. The predicted octanol–water partition coefficient (Wildman–Crippen LogP) is 2.05. The number of ether oxygens (including phenoxy) is 3. The van der Waals surface area contributed by atoms with Gasteiger partial charge in [0.05, 0.1) is 39.0 Å². The van der Waals surface area contributed by atoms with Gasteiger partial charge in [0.2, 0.25) is 0 Å². The highest BCUT2D eigenvalue weighted by Crippen LogP contribution is 2.31. The van der Waals surface area contributed by atoms with Crippen molar-refractivity contribution in [3.05, 3.63) is 30.5 Å². The average Bonchev–Trinajstić information content (AvgIpc) is 2.60. The Kier molecular flexibility index (Phi) is 5.24. The Labute approximate surface area is 132 Å². The highest BCUT2D eigenvalue weighted by Gasteiger charge is 2.18. The summed E-state index contributed by atoms with van der Waals surface area (Å²) in [6.07, 6.45) is 1.32. The zero-order valence-corrected chi connectivity index (χ0v) is 13.0. The first-order chi connectivity index (χ1) is 11.1. The van der Waals surface area contributed by atoms with E-state index in [9.17, 15) is 9.59 Å². The van der Waals surface area contributed by atoms with E-state index < -0.39 is 11.9 Å². The van der Waals surface area contributed by atoms with E-state index in [1.807, 2.05) is 6.07 Å². The van der Waals surface area contributed by atoms with Crippen LogP contribution in [0.15, 0.2) is 35.5 Å². The number of aliphatic imine (C=N–C) groups is 1. The number of methoxy groups -OCH3 is 3. The molecule has 1 heterocycles. The van der Waals surface area contributed by atoms with Crippen LogP contribution in [0.3, 0.4) is 0 Å². The smallest absolute Gasteiger partial charge is 0.353 e. The average molecular weight is 316 g/mol.